The van der Waals surface area contributed by atoms with Gasteiger partial charge in [0.2, 0.25) is 5.91 Å². The van der Waals surface area contributed by atoms with Crippen LogP contribution in [-0.2, 0) is 16.0 Å². The molecule has 0 radical (unpaired) electrons. The minimum absolute atomic E-state index is 0.0577. The fourth-order valence-corrected chi connectivity index (χ4v) is 2.29. The number of nitrogens with zero attached hydrogens (tertiary/aromatic N) is 2. The van der Waals surface area contributed by atoms with Gasteiger partial charge in [0.1, 0.15) is 0 Å². The molecule has 1 atom stereocenters. The number of nitrogen functional groups attached to an aromatic ring is 1. The fraction of sp³-hybridized carbons (Fsp3) is 0.636. The van der Waals surface area contributed by atoms with Crippen LogP contribution in [0, 0.1) is 0 Å². The third kappa shape index (κ3) is 3.98. The molecule has 0 aliphatic rings. The van der Waals surface area contributed by atoms with Crippen LogP contribution in [0.4, 0.5) is 5.13 Å². The largest absolute Gasteiger partial charge is 0.383 e. The number of ether oxygens (including phenoxy) is 1. The zero-order valence-electron chi connectivity index (χ0n) is 10.5. The summed E-state index contributed by atoms with van der Waals surface area (Å²) in [5.74, 6) is 0.0577. The van der Waals surface area contributed by atoms with Crippen molar-refractivity contribution in [2.24, 2.45) is 0 Å². The number of carbonyl (C=O) groups excluding carboxylic acids is 1. The van der Waals surface area contributed by atoms with Gasteiger partial charge in [-0.2, -0.15) is 0 Å². The highest BCUT2D eigenvalue weighted by Crippen LogP contribution is 2.13. The lowest BCUT2D eigenvalue weighted by atomic mass is 10.2. The van der Waals surface area contributed by atoms with Crippen LogP contribution in [0.25, 0.3) is 0 Å². The number of aromatic nitrogens is 1. The van der Waals surface area contributed by atoms with Gasteiger partial charge >= 0.3 is 0 Å². The SMILES string of the molecule is CCN(C(=O)Cc1csc(N)n1)C(C)COC. The van der Waals surface area contributed by atoms with Crippen LogP contribution < -0.4 is 5.73 Å². The van der Waals surface area contributed by atoms with Crippen LogP contribution in [0.1, 0.15) is 19.5 Å². The normalized spacial score (nSPS) is 12.4. The Morgan fingerprint density at radius 2 is 2.41 bits per heavy atom. The Morgan fingerprint density at radius 1 is 1.71 bits per heavy atom. The number of methoxy groups -OCH3 is 1. The van der Waals surface area contributed by atoms with E-state index in [1.807, 2.05) is 19.2 Å². The van der Waals surface area contributed by atoms with E-state index in [-0.39, 0.29) is 11.9 Å². The minimum Gasteiger partial charge on any atom is -0.383 e. The zero-order valence-corrected chi connectivity index (χ0v) is 11.3. The summed E-state index contributed by atoms with van der Waals surface area (Å²) >= 11 is 1.36. The number of amides is 1. The highest BCUT2D eigenvalue weighted by atomic mass is 32.1. The summed E-state index contributed by atoms with van der Waals surface area (Å²) in [7, 11) is 1.63. The van der Waals surface area contributed by atoms with Crippen molar-refractivity contribution in [3.05, 3.63) is 11.1 Å². The standard InChI is InChI=1S/C11H19N3O2S/c1-4-14(8(2)6-16-3)10(15)5-9-7-17-11(12)13-9/h7-8H,4-6H2,1-3H3,(H2,12,13). The third-order valence-electron chi connectivity index (χ3n) is 2.50. The third-order valence-corrected chi connectivity index (χ3v) is 3.23. The first-order valence-electron chi connectivity index (χ1n) is 5.56. The van der Waals surface area contributed by atoms with E-state index in [1.165, 1.54) is 11.3 Å². The molecule has 0 saturated heterocycles. The van der Waals surface area contributed by atoms with Gasteiger partial charge in [-0.3, -0.25) is 4.79 Å². The van der Waals surface area contributed by atoms with E-state index in [4.69, 9.17) is 10.5 Å². The molecule has 17 heavy (non-hydrogen) atoms. The van der Waals surface area contributed by atoms with Crippen LogP contribution in [0.15, 0.2) is 5.38 Å². The summed E-state index contributed by atoms with van der Waals surface area (Å²) in [5, 5.41) is 2.32. The van der Waals surface area contributed by atoms with Gasteiger partial charge in [-0.1, -0.05) is 0 Å². The first-order valence-corrected chi connectivity index (χ1v) is 6.44. The molecular weight excluding hydrogens is 238 g/mol. The Morgan fingerprint density at radius 3 is 2.88 bits per heavy atom. The first-order chi connectivity index (χ1) is 8.08. The number of likely N-dealkylation sites (N-methyl/N-ethyl adjacent to an activating group) is 1. The fourth-order valence-electron chi connectivity index (χ4n) is 1.73. The molecule has 0 aliphatic heterocycles. The predicted molar refractivity (Wildman–Crippen MR) is 69.0 cm³/mol. The van der Waals surface area contributed by atoms with E-state index < -0.39 is 0 Å². The minimum atomic E-state index is 0.0577. The zero-order chi connectivity index (χ0) is 12.8. The van der Waals surface area contributed by atoms with Crippen molar-refractivity contribution < 1.29 is 9.53 Å². The molecule has 0 fully saturated rings. The number of anilines is 1. The molecule has 6 heteroatoms. The van der Waals surface area contributed by atoms with Crippen molar-refractivity contribution in [2.45, 2.75) is 26.3 Å². The van der Waals surface area contributed by atoms with E-state index >= 15 is 0 Å². The van der Waals surface area contributed by atoms with Crippen molar-refractivity contribution in [1.29, 1.82) is 0 Å². The van der Waals surface area contributed by atoms with E-state index in [2.05, 4.69) is 4.98 Å². The Labute approximate surface area is 106 Å². The number of hydrogen-bond acceptors (Lipinski definition) is 5. The second kappa shape index (κ2) is 6.56. The summed E-state index contributed by atoms with van der Waals surface area (Å²) in [5.41, 5.74) is 6.27. The summed E-state index contributed by atoms with van der Waals surface area (Å²) in [6.45, 7) is 5.14. The van der Waals surface area contributed by atoms with Gasteiger partial charge in [0, 0.05) is 19.0 Å². The smallest absolute Gasteiger partial charge is 0.228 e. The second-order valence-corrected chi connectivity index (χ2v) is 4.73. The Balaban J connectivity index is 2.60. The van der Waals surface area contributed by atoms with Gasteiger partial charge in [0.25, 0.3) is 0 Å². The van der Waals surface area contributed by atoms with Gasteiger partial charge in [0.15, 0.2) is 5.13 Å². The predicted octanol–water partition coefficient (Wildman–Crippen LogP) is 1.15. The van der Waals surface area contributed by atoms with Gasteiger partial charge in [-0.05, 0) is 13.8 Å². The van der Waals surface area contributed by atoms with E-state index in [0.717, 1.165) is 5.69 Å². The molecule has 0 aromatic carbocycles. The number of hydrogen-bond donors (Lipinski definition) is 1. The monoisotopic (exact) mass is 257 g/mol. The van der Waals surface area contributed by atoms with Crippen LogP contribution in [0.2, 0.25) is 0 Å². The average molecular weight is 257 g/mol. The highest BCUT2D eigenvalue weighted by molar-refractivity contribution is 7.13. The quantitative estimate of drug-likeness (QED) is 0.830. The van der Waals surface area contributed by atoms with Gasteiger partial charge in [-0.15, -0.1) is 11.3 Å². The maximum absolute atomic E-state index is 12.1. The molecule has 96 valence electrons. The molecule has 1 rings (SSSR count). The summed E-state index contributed by atoms with van der Waals surface area (Å²) < 4.78 is 5.06. The van der Waals surface area contributed by atoms with Crippen LogP contribution in [0.5, 0.6) is 0 Å². The maximum atomic E-state index is 12.1. The molecule has 0 spiro atoms. The van der Waals surface area contributed by atoms with Crippen molar-refractivity contribution in [3.63, 3.8) is 0 Å². The average Bonchev–Trinajstić information content (AvgIpc) is 2.65. The molecule has 1 amide bonds. The lowest BCUT2D eigenvalue weighted by molar-refractivity contribution is -0.133. The molecule has 1 aromatic heterocycles. The van der Waals surface area contributed by atoms with Crippen molar-refractivity contribution >= 4 is 22.4 Å². The van der Waals surface area contributed by atoms with E-state index in [0.29, 0.717) is 24.7 Å². The maximum Gasteiger partial charge on any atom is 0.228 e. The topological polar surface area (TPSA) is 68.5 Å². The molecule has 0 bridgehead atoms. The van der Waals surface area contributed by atoms with Crippen LogP contribution in [0.3, 0.4) is 0 Å². The Bertz CT molecular complexity index is 367. The highest BCUT2D eigenvalue weighted by Gasteiger charge is 2.19. The van der Waals surface area contributed by atoms with Gasteiger partial charge in [-0.25, -0.2) is 4.98 Å². The van der Waals surface area contributed by atoms with Crippen molar-refractivity contribution in [1.82, 2.24) is 9.88 Å². The molecule has 0 aliphatic carbocycles. The first kappa shape index (κ1) is 13.9. The molecule has 1 heterocycles. The Kier molecular flexibility index (Phi) is 5.37. The van der Waals surface area contributed by atoms with Crippen LogP contribution in [-0.4, -0.2) is 42.1 Å². The van der Waals surface area contributed by atoms with E-state index in [1.54, 1.807) is 12.0 Å². The van der Waals surface area contributed by atoms with Crippen molar-refractivity contribution in [3.8, 4) is 0 Å². The molecular formula is C11H19N3O2S. The Hall–Kier alpha value is -1.14. The molecule has 1 unspecified atom stereocenters. The number of thiazole rings is 1. The number of rotatable bonds is 6. The second-order valence-electron chi connectivity index (χ2n) is 3.84. The number of carbonyl (C=O) groups is 1. The van der Waals surface area contributed by atoms with Crippen LogP contribution >= 0.6 is 11.3 Å². The summed E-state index contributed by atoms with van der Waals surface area (Å²) in [6, 6.07) is 0.0773. The summed E-state index contributed by atoms with van der Waals surface area (Å²) in [4.78, 5) is 17.9. The molecule has 2 N–H and O–H groups in total. The lowest BCUT2D eigenvalue weighted by Crippen LogP contribution is -2.41. The molecule has 1 aromatic rings. The molecule has 0 saturated carbocycles. The van der Waals surface area contributed by atoms with Gasteiger partial charge in [0.05, 0.1) is 24.8 Å². The molecule has 5 nitrogen and oxygen atoms in total. The lowest BCUT2D eigenvalue weighted by Gasteiger charge is -2.27. The van der Waals surface area contributed by atoms with Crippen molar-refractivity contribution in [2.75, 3.05) is 26.0 Å². The van der Waals surface area contributed by atoms with E-state index in [9.17, 15) is 4.79 Å². The summed E-state index contributed by atoms with van der Waals surface area (Å²) in [6.07, 6.45) is 0.301. The number of nitrogens with two attached hydrogens (primary N) is 1. The van der Waals surface area contributed by atoms with Gasteiger partial charge < -0.3 is 15.4 Å².